The molecule has 0 radical (unpaired) electrons. The molecular weight excluding hydrogens is 158 g/mol. The highest BCUT2D eigenvalue weighted by atomic mass is 35.5. The standard InChI is InChI=1S/C9H17N.ClH/c1-8(2)6-4-5-9(8,3)7(6)10;/h6-7H,4-5,10H2,1-3H3;1H/t6-,7?,9+;/m1./s1. The van der Waals surface area contributed by atoms with Crippen molar-refractivity contribution < 1.29 is 0 Å². The van der Waals surface area contributed by atoms with Crippen molar-refractivity contribution in [2.75, 3.05) is 0 Å². The van der Waals surface area contributed by atoms with Crippen LogP contribution < -0.4 is 5.73 Å². The first-order valence-electron chi connectivity index (χ1n) is 4.26. The summed E-state index contributed by atoms with van der Waals surface area (Å²) in [5.74, 6) is 0.817. The summed E-state index contributed by atoms with van der Waals surface area (Å²) in [5, 5.41) is 0. The molecule has 3 aliphatic carbocycles. The van der Waals surface area contributed by atoms with Gasteiger partial charge in [0.2, 0.25) is 0 Å². The number of hydrogen-bond acceptors (Lipinski definition) is 1. The zero-order valence-corrected chi connectivity index (χ0v) is 8.37. The van der Waals surface area contributed by atoms with E-state index >= 15 is 0 Å². The van der Waals surface area contributed by atoms with Gasteiger partial charge in [-0.2, -0.15) is 0 Å². The van der Waals surface area contributed by atoms with Crippen molar-refractivity contribution in [3.05, 3.63) is 0 Å². The first-order valence-corrected chi connectivity index (χ1v) is 4.26. The molecule has 0 heterocycles. The van der Waals surface area contributed by atoms with E-state index in [0.717, 1.165) is 5.92 Å². The Labute approximate surface area is 75.1 Å². The summed E-state index contributed by atoms with van der Waals surface area (Å²) in [4.78, 5) is 0. The normalized spacial score (nSPS) is 51.3. The molecule has 2 N–H and O–H groups in total. The lowest BCUT2D eigenvalue weighted by molar-refractivity contribution is -0.0668. The molecule has 2 heteroatoms. The van der Waals surface area contributed by atoms with Crippen LogP contribution in [0.3, 0.4) is 0 Å². The van der Waals surface area contributed by atoms with Gasteiger partial charge in [0.15, 0.2) is 0 Å². The molecule has 2 bridgehead atoms. The highest BCUT2D eigenvalue weighted by Crippen LogP contribution is 2.69. The van der Waals surface area contributed by atoms with E-state index in [2.05, 4.69) is 20.8 Å². The molecule has 0 spiro atoms. The minimum Gasteiger partial charge on any atom is -0.327 e. The summed E-state index contributed by atoms with van der Waals surface area (Å²) in [6.07, 6.45) is 2.72. The maximum absolute atomic E-state index is 6.04. The Morgan fingerprint density at radius 1 is 1.27 bits per heavy atom. The second-order valence-corrected chi connectivity index (χ2v) is 4.81. The van der Waals surface area contributed by atoms with Crippen LogP contribution in [0, 0.1) is 16.7 Å². The van der Waals surface area contributed by atoms with Gasteiger partial charge in [0, 0.05) is 6.04 Å². The second-order valence-electron chi connectivity index (χ2n) is 4.81. The number of hydrogen-bond donors (Lipinski definition) is 1. The first kappa shape index (κ1) is 9.34. The molecule has 1 nitrogen and oxygen atoms in total. The van der Waals surface area contributed by atoms with Crippen LogP contribution in [0.25, 0.3) is 0 Å². The predicted octanol–water partition coefficient (Wildman–Crippen LogP) is 2.19. The van der Waals surface area contributed by atoms with Crippen molar-refractivity contribution in [2.45, 2.75) is 39.7 Å². The van der Waals surface area contributed by atoms with Crippen LogP contribution in [0.4, 0.5) is 0 Å². The molecule has 0 saturated heterocycles. The molecule has 66 valence electrons. The number of rotatable bonds is 0. The number of halogens is 1. The van der Waals surface area contributed by atoms with Crippen molar-refractivity contribution in [3.8, 4) is 0 Å². The van der Waals surface area contributed by atoms with Crippen LogP contribution in [0.1, 0.15) is 33.6 Å². The van der Waals surface area contributed by atoms with Crippen LogP contribution in [0.15, 0.2) is 0 Å². The van der Waals surface area contributed by atoms with Gasteiger partial charge in [0.1, 0.15) is 0 Å². The van der Waals surface area contributed by atoms with Gasteiger partial charge in [-0.15, -0.1) is 12.4 Å². The van der Waals surface area contributed by atoms with Crippen molar-refractivity contribution in [1.82, 2.24) is 0 Å². The van der Waals surface area contributed by atoms with E-state index in [0.29, 0.717) is 16.9 Å². The van der Waals surface area contributed by atoms with E-state index in [1.54, 1.807) is 0 Å². The van der Waals surface area contributed by atoms with E-state index in [1.807, 2.05) is 0 Å². The average molecular weight is 176 g/mol. The minimum absolute atomic E-state index is 0. The summed E-state index contributed by atoms with van der Waals surface area (Å²) in [6.45, 7) is 7.09. The molecule has 0 aliphatic heterocycles. The topological polar surface area (TPSA) is 26.0 Å². The molecule has 0 aromatic heterocycles. The van der Waals surface area contributed by atoms with Gasteiger partial charge in [-0.1, -0.05) is 20.8 Å². The van der Waals surface area contributed by atoms with E-state index in [1.165, 1.54) is 12.8 Å². The lowest BCUT2D eigenvalue weighted by atomic mass is 9.49. The summed E-state index contributed by atoms with van der Waals surface area (Å²) in [7, 11) is 0. The summed E-state index contributed by atoms with van der Waals surface area (Å²) in [6, 6.07) is 0.502. The van der Waals surface area contributed by atoms with Crippen LogP contribution in [0.5, 0.6) is 0 Å². The zero-order chi connectivity index (χ0) is 7.57. The first-order chi connectivity index (χ1) is 4.50. The molecule has 3 rings (SSSR count). The molecule has 3 fully saturated rings. The Bertz CT molecular complexity index is 178. The molecule has 0 aromatic carbocycles. The second kappa shape index (κ2) is 2.14. The van der Waals surface area contributed by atoms with Gasteiger partial charge in [-0.25, -0.2) is 0 Å². The van der Waals surface area contributed by atoms with Crippen molar-refractivity contribution in [3.63, 3.8) is 0 Å². The third kappa shape index (κ3) is 0.714. The molecule has 3 saturated carbocycles. The van der Waals surface area contributed by atoms with E-state index in [4.69, 9.17) is 5.73 Å². The average Bonchev–Trinajstić information content (AvgIpc) is 2.23. The van der Waals surface area contributed by atoms with E-state index in [9.17, 15) is 0 Å². The third-order valence-electron chi connectivity index (χ3n) is 4.54. The SMILES string of the molecule is CC1(C)[C@@H]2CC[C@@]1(C)C2N.Cl. The Balaban J connectivity index is 0.000000605. The molecule has 3 atom stereocenters. The quantitative estimate of drug-likeness (QED) is 0.600. The third-order valence-corrected chi connectivity index (χ3v) is 4.54. The van der Waals surface area contributed by atoms with Crippen LogP contribution in [-0.4, -0.2) is 6.04 Å². The fraction of sp³-hybridized carbons (Fsp3) is 1.00. The number of fused-ring (bicyclic) bond motifs is 1. The number of nitrogens with two attached hydrogens (primary N) is 1. The summed E-state index contributed by atoms with van der Waals surface area (Å²) in [5.41, 5.74) is 7.04. The predicted molar refractivity (Wildman–Crippen MR) is 49.8 cm³/mol. The highest BCUT2D eigenvalue weighted by molar-refractivity contribution is 5.85. The lowest BCUT2D eigenvalue weighted by Crippen LogP contribution is -2.62. The molecular formula is C9H18ClN. The minimum atomic E-state index is 0. The lowest BCUT2D eigenvalue weighted by Gasteiger charge is -2.58. The van der Waals surface area contributed by atoms with Gasteiger partial charge in [-0.3, -0.25) is 0 Å². The van der Waals surface area contributed by atoms with Crippen molar-refractivity contribution in [2.24, 2.45) is 22.5 Å². The maximum atomic E-state index is 6.04. The summed E-state index contributed by atoms with van der Waals surface area (Å²) >= 11 is 0. The molecule has 11 heavy (non-hydrogen) atoms. The van der Waals surface area contributed by atoms with Gasteiger partial charge < -0.3 is 5.73 Å². The smallest absolute Gasteiger partial charge is 0.0132 e. The Morgan fingerprint density at radius 3 is 1.91 bits per heavy atom. The van der Waals surface area contributed by atoms with Gasteiger partial charge in [0.25, 0.3) is 0 Å². The molecule has 3 aliphatic rings. The van der Waals surface area contributed by atoms with E-state index < -0.39 is 0 Å². The maximum Gasteiger partial charge on any atom is 0.0132 e. The van der Waals surface area contributed by atoms with Gasteiger partial charge >= 0.3 is 0 Å². The monoisotopic (exact) mass is 175 g/mol. The molecule has 0 aromatic rings. The van der Waals surface area contributed by atoms with Crippen LogP contribution in [0.2, 0.25) is 0 Å². The van der Waals surface area contributed by atoms with Gasteiger partial charge in [-0.05, 0) is 29.6 Å². The highest BCUT2D eigenvalue weighted by Gasteiger charge is 2.67. The Hall–Kier alpha value is 0.250. The summed E-state index contributed by atoms with van der Waals surface area (Å²) < 4.78 is 0. The van der Waals surface area contributed by atoms with Crippen LogP contribution >= 0.6 is 12.4 Å². The fourth-order valence-electron chi connectivity index (χ4n) is 3.13. The van der Waals surface area contributed by atoms with Crippen molar-refractivity contribution in [1.29, 1.82) is 0 Å². The largest absolute Gasteiger partial charge is 0.327 e. The van der Waals surface area contributed by atoms with Gasteiger partial charge in [0.05, 0.1) is 0 Å². The Morgan fingerprint density at radius 2 is 1.82 bits per heavy atom. The van der Waals surface area contributed by atoms with Crippen molar-refractivity contribution >= 4 is 12.4 Å². The Kier molecular flexibility index (Phi) is 1.82. The van der Waals surface area contributed by atoms with Crippen LogP contribution in [-0.2, 0) is 0 Å². The fourth-order valence-corrected chi connectivity index (χ4v) is 3.13. The van der Waals surface area contributed by atoms with E-state index in [-0.39, 0.29) is 12.4 Å². The molecule has 1 unspecified atom stereocenters. The zero-order valence-electron chi connectivity index (χ0n) is 7.55. The molecule has 0 amide bonds.